The molecule has 13 heteroatoms. The molecule has 12 nitrogen and oxygen atoms in total. The average Bonchev–Trinajstić information content (AvgIpc) is 2.66. The molecule has 0 radical (unpaired) electrons. The number of anilines is 1. The van der Waals surface area contributed by atoms with Gasteiger partial charge in [0.2, 0.25) is 17.7 Å². The lowest BCUT2D eigenvalue weighted by Gasteiger charge is -2.26. The van der Waals surface area contributed by atoms with Crippen molar-refractivity contribution < 1.29 is 27.5 Å². The summed E-state index contributed by atoms with van der Waals surface area (Å²) in [5.74, 6) is 1.62. The molecule has 1 aliphatic heterocycles. The Kier molecular flexibility index (Phi) is 6.46. The molecular formula is C15H18N6O6S. The lowest BCUT2D eigenvalue weighted by atomic mass is 10.1. The summed E-state index contributed by atoms with van der Waals surface area (Å²) in [6.45, 7) is 0. The second-order valence-electron chi connectivity index (χ2n) is 5.54. The van der Waals surface area contributed by atoms with E-state index in [4.69, 9.17) is 9.47 Å². The predicted molar refractivity (Wildman–Crippen MR) is 99.5 cm³/mol. The topological polar surface area (TPSA) is 152 Å². The van der Waals surface area contributed by atoms with Gasteiger partial charge in [0.25, 0.3) is 10.0 Å². The van der Waals surface area contributed by atoms with E-state index in [9.17, 15) is 18.0 Å². The highest BCUT2D eigenvalue weighted by Gasteiger charge is 2.35. The summed E-state index contributed by atoms with van der Waals surface area (Å²) < 4.78 is 36.9. The SMILES string of the molecule is COc1cc(OC)nc(NC(=O)NS(=O)(=O)C2=NC=CC(=C=O)C2N(C)C)n1. The van der Waals surface area contributed by atoms with E-state index >= 15 is 0 Å². The van der Waals surface area contributed by atoms with Crippen LogP contribution in [-0.4, -0.2) is 74.7 Å². The largest absolute Gasteiger partial charge is 0.481 e. The first-order chi connectivity index (χ1) is 13.2. The Balaban J connectivity index is 2.24. The lowest BCUT2D eigenvalue weighted by Crippen LogP contribution is -2.48. The Morgan fingerprint density at radius 2 is 1.82 bits per heavy atom. The molecule has 1 aromatic heterocycles. The normalized spacial score (nSPS) is 16.2. The van der Waals surface area contributed by atoms with Crippen LogP contribution in [0.25, 0.3) is 0 Å². The van der Waals surface area contributed by atoms with Crippen molar-refractivity contribution in [1.82, 2.24) is 19.6 Å². The Hall–Kier alpha value is -3.28. The number of sulfonamides is 1. The van der Waals surface area contributed by atoms with E-state index in [-0.39, 0.29) is 23.3 Å². The van der Waals surface area contributed by atoms with Gasteiger partial charge in [0.1, 0.15) is 12.0 Å². The molecule has 2 amide bonds. The summed E-state index contributed by atoms with van der Waals surface area (Å²) in [4.78, 5) is 36.3. The third-order valence-corrected chi connectivity index (χ3v) is 4.78. The van der Waals surface area contributed by atoms with Crippen molar-refractivity contribution in [1.29, 1.82) is 0 Å². The zero-order valence-corrected chi connectivity index (χ0v) is 16.3. The van der Waals surface area contributed by atoms with Gasteiger partial charge in [0, 0.05) is 6.20 Å². The smallest absolute Gasteiger partial charge is 0.335 e. The molecule has 2 rings (SSSR count). The minimum Gasteiger partial charge on any atom is -0.481 e. The van der Waals surface area contributed by atoms with Crippen molar-refractivity contribution in [3.63, 3.8) is 0 Å². The number of amides is 2. The van der Waals surface area contributed by atoms with Crippen molar-refractivity contribution in [2.45, 2.75) is 6.04 Å². The quantitative estimate of drug-likeness (QED) is 0.629. The standard InChI is InChI=1S/C15H18N6O6S/c1-21(2)12-9(8-22)5-6-16-13(12)28(24,25)20-15(23)19-14-17-10(26-3)7-11(18-14)27-4/h5-7,12H,1-4H3,(H2,17,18,19,20,23). The molecular weight excluding hydrogens is 392 g/mol. The van der Waals surface area contributed by atoms with E-state index in [0.29, 0.717) is 0 Å². The molecule has 150 valence electrons. The van der Waals surface area contributed by atoms with Gasteiger partial charge in [-0.1, -0.05) is 0 Å². The van der Waals surface area contributed by atoms with E-state index in [0.717, 1.165) is 6.20 Å². The molecule has 0 aliphatic carbocycles. The van der Waals surface area contributed by atoms with Gasteiger partial charge in [-0.3, -0.25) is 10.2 Å². The van der Waals surface area contributed by atoms with Crippen molar-refractivity contribution in [2.24, 2.45) is 4.99 Å². The number of methoxy groups -OCH3 is 2. The summed E-state index contributed by atoms with van der Waals surface area (Å²) in [7, 11) is 1.43. The first kappa shape index (κ1) is 21.0. The Bertz CT molecular complexity index is 958. The molecule has 0 aromatic carbocycles. The zero-order valence-electron chi connectivity index (χ0n) is 15.5. The maximum Gasteiger partial charge on any atom is 0.335 e. The molecule has 0 saturated heterocycles. The number of likely N-dealkylation sites (N-methyl/N-ethyl adjacent to an activating group) is 1. The van der Waals surface area contributed by atoms with Crippen LogP contribution in [0.5, 0.6) is 11.8 Å². The molecule has 0 bridgehead atoms. The molecule has 1 unspecified atom stereocenters. The van der Waals surface area contributed by atoms with E-state index in [1.165, 1.54) is 31.3 Å². The van der Waals surface area contributed by atoms with Gasteiger partial charge in [-0.2, -0.15) is 18.4 Å². The number of hydrogen-bond donors (Lipinski definition) is 2. The van der Waals surface area contributed by atoms with Gasteiger partial charge in [0.15, 0.2) is 5.04 Å². The molecule has 2 N–H and O–H groups in total. The second kappa shape index (κ2) is 8.61. The van der Waals surface area contributed by atoms with Crippen LogP contribution in [-0.2, 0) is 14.8 Å². The van der Waals surface area contributed by atoms with Gasteiger partial charge in [0.05, 0.1) is 25.9 Å². The lowest BCUT2D eigenvalue weighted by molar-refractivity contribution is 0.256. The zero-order chi connectivity index (χ0) is 20.9. The third kappa shape index (κ3) is 4.71. The fraction of sp³-hybridized carbons (Fsp3) is 0.333. The van der Waals surface area contributed by atoms with Crippen LogP contribution in [0.4, 0.5) is 10.7 Å². The number of hydrogen-bond acceptors (Lipinski definition) is 10. The van der Waals surface area contributed by atoms with Crippen molar-refractivity contribution in [3.8, 4) is 11.8 Å². The fourth-order valence-electron chi connectivity index (χ4n) is 2.26. The maximum atomic E-state index is 12.6. The fourth-order valence-corrected chi connectivity index (χ4v) is 3.49. The third-order valence-electron chi connectivity index (χ3n) is 3.44. The van der Waals surface area contributed by atoms with Crippen LogP contribution in [0.2, 0.25) is 0 Å². The van der Waals surface area contributed by atoms with Crippen molar-refractivity contribution in [2.75, 3.05) is 33.6 Å². The Morgan fingerprint density at radius 1 is 1.21 bits per heavy atom. The molecule has 0 spiro atoms. The van der Waals surface area contributed by atoms with Gasteiger partial charge < -0.3 is 9.47 Å². The minimum absolute atomic E-state index is 0.0571. The molecule has 1 aromatic rings. The van der Waals surface area contributed by atoms with Crippen molar-refractivity contribution in [3.05, 3.63) is 23.9 Å². The van der Waals surface area contributed by atoms with Crippen LogP contribution in [0.3, 0.4) is 0 Å². The first-order valence-corrected chi connectivity index (χ1v) is 9.16. The van der Waals surface area contributed by atoms with Crippen molar-refractivity contribution >= 4 is 33.0 Å². The average molecular weight is 410 g/mol. The number of nitrogens with zero attached hydrogens (tertiary/aromatic N) is 4. The Labute approximate surface area is 161 Å². The number of carbonyl (C=O) groups is 1. The number of aromatic nitrogens is 2. The number of urea groups is 1. The van der Waals surface area contributed by atoms with Gasteiger partial charge in [-0.05, 0) is 20.2 Å². The second-order valence-corrected chi connectivity index (χ2v) is 7.17. The van der Waals surface area contributed by atoms with Gasteiger partial charge >= 0.3 is 6.03 Å². The summed E-state index contributed by atoms with van der Waals surface area (Å²) in [6, 6.07) is -0.764. The molecule has 1 atom stereocenters. The molecule has 0 fully saturated rings. The van der Waals surface area contributed by atoms with Crippen LogP contribution >= 0.6 is 0 Å². The predicted octanol–water partition coefficient (Wildman–Crippen LogP) is -0.441. The van der Waals surface area contributed by atoms with E-state index < -0.39 is 27.1 Å². The summed E-state index contributed by atoms with van der Waals surface area (Å²) >= 11 is 0. The number of ether oxygens (including phenoxy) is 2. The van der Waals surface area contributed by atoms with Gasteiger partial charge in [-0.15, -0.1) is 0 Å². The molecule has 0 saturated carbocycles. The first-order valence-electron chi connectivity index (χ1n) is 7.68. The van der Waals surface area contributed by atoms with Crippen LogP contribution in [0, 0.1) is 0 Å². The highest BCUT2D eigenvalue weighted by Crippen LogP contribution is 2.19. The highest BCUT2D eigenvalue weighted by molar-refractivity contribution is 8.05. The number of carbonyl (C=O) groups excluding carboxylic acids is 2. The molecule has 2 heterocycles. The number of rotatable bonds is 4. The molecule has 1 aliphatic rings. The summed E-state index contributed by atoms with van der Waals surface area (Å²) in [5, 5.41) is 1.74. The number of nitrogens with one attached hydrogen (secondary N) is 2. The highest BCUT2D eigenvalue weighted by atomic mass is 32.2. The maximum absolute atomic E-state index is 12.6. The van der Waals surface area contributed by atoms with E-state index in [1.54, 1.807) is 24.8 Å². The van der Waals surface area contributed by atoms with Crippen LogP contribution < -0.4 is 19.5 Å². The van der Waals surface area contributed by atoms with E-state index in [1.807, 2.05) is 0 Å². The monoisotopic (exact) mass is 410 g/mol. The summed E-state index contributed by atoms with van der Waals surface area (Å²) in [5.41, 5.74) is 0.0571. The van der Waals surface area contributed by atoms with Crippen LogP contribution in [0.1, 0.15) is 0 Å². The van der Waals surface area contributed by atoms with Crippen LogP contribution in [0.15, 0.2) is 28.9 Å². The number of aliphatic imine (C=N–C) groups is 1. The minimum atomic E-state index is -4.39. The summed E-state index contributed by atoms with van der Waals surface area (Å²) in [6.07, 6.45) is 2.48. The molecule has 28 heavy (non-hydrogen) atoms. The van der Waals surface area contributed by atoms with E-state index in [2.05, 4.69) is 20.3 Å². The Morgan fingerprint density at radius 3 is 2.32 bits per heavy atom. The van der Waals surface area contributed by atoms with Gasteiger partial charge in [-0.25, -0.2) is 19.3 Å².